The van der Waals surface area contributed by atoms with E-state index in [4.69, 9.17) is 0 Å². The van der Waals surface area contributed by atoms with Gasteiger partial charge in [-0.1, -0.05) is 25.7 Å². The molecule has 1 fully saturated rings. The lowest BCUT2D eigenvalue weighted by atomic mass is 9.75. The predicted octanol–water partition coefficient (Wildman–Crippen LogP) is 6.00. The van der Waals surface area contributed by atoms with E-state index < -0.39 is 5.97 Å². The van der Waals surface area contributed by atoms with Gasteiger partial charge < -0.3 is 10.0 Å². The molecule has 4 nitrogen and oxygen atoms in total. The summed E-state index contributed by atoms with van der Waals surface area (Å²) in [7, 11) is 0. The van der Waals surface area contributed by atoms with Crippen molar-refractivity contribution in [2.45, 2.75) is 73.8 Å². The molecule has 0 aliphatic heterocycles. The van der Waals surface area contributed by atoms with Gasteiger partial charge >= 0.3 is 5.97 Å². The summed E-state index contributed by atoms with van der Waals surface area (Å²) in [5, 5.41) is 9.74. The van der Waals surface area contributed by atoms with Gasteiger partial charge in [-0.3, -0.25) is 4.79 Å². The minimum Gasteiger partial charge on any atom is -0.477 e. The Hall–Kier alpha value is -0.750. The number of aromatic carboxylic acids is 1. The van der Waals surface area contributed by atoms with Crippen molar-refractivity contribution in [2.24, 2.45) is 23.2 Å². The minimum absolute atomic E-state index is 0. The molecule has 3 atom stereocenters. The molecule has 31 heavy (non-hydrogen) atoms. The van der Waals surface area contributed by atoms with Crippen molar-refractivity contribution in [3.63, 3.8) is 0 Å². The van der Waals surface area contributed by atoms with Crippen LogP contribution in [0.4, 0.5) is 5.69 Å². The molecular weight excluding hydrogens is 467 g/mol. The van der Waals surface area contributed by atoms with Crippen molar-refractivity contribution in [1.82, 2.24) is 0 Å². The van der Waals surface area contributed by atoms with Crippen molar-refractivity contribution in [1.29, 1.82) is 0 Å². The van der Waals surface area contributed by atoms with Crippen LogP contribution in [0.3, 0.4) is 0 Å². The molecule has 0 radical (unpaired) electrons. The Bertz CT molecular complexity index is 802. The second-order valence-corrected chi connectivity index (χ2v) is 10.5. The zero-order chi connectivity index (χ0) is 21.2. The second-order valence-electron chi connectivity index (χ2n) is 9.43. The van der Waals surface area contributed by atoms with Gasteiger partial charge in [0.25, 0.3) is 0 Å². The number of thiophene rings is 1. The molecule has 0 spiro atoms. The van der Waals surface area contributed by atoms with Crippen LogP contribution < -0.4 is 4.90 Å². The third kappa shape index (κ3) is 8.60. The first-order valence-electron chi connectivity index (χ1n) is 10.1. The summed E-state index contributed by atoms with van der Waals surface area (Å²) in [6.07, 6.45) is 2.96. The van der Waals surface area contributed by atoms with Crippen molar-refractivity contribution in [2.75, 3.05) is 4.90 Å². The van der Waals surface area contributed by atoms with Gasteiger partial charge in [-0.15, -0.1) is 11.3 Å². The molecule has 1 N–H and O–H groups in total. The monoisotopic (exact) mass is 505 g/mol. The summed E-state index contributed by atoms with van der Waals surface area (Å²) in [4.78, 5) is 27.9. The lowest BCUT2D eigenvalue weighted by molar-refractivity contribution is -0.125. The maximum Gasteiger partial charge on any atom is 0.348 e. The molecule has 0 aromatic carbocycles. The zero-order valence-corrected chi connectivity index (χ0v) is 23.4. The smallest absolute Gasteiger partial charge is 0.348 e. The van der Waals surface area contributed by atoms with E-state index in [9.17, 15) is 14.7 Å². The molecule has 0 unspecified atom stereocenters. The van der Waals surface area contributed by atoms with Gasteiger partial charge in [0, 0.05) is 17.4 Å². The number of hydrogen-bond donors (Lipinski definition) is 1. The summed E-state index contributed by atoms with van der Waals surface area (Å²) in [5.74, 6) is 6.19. The highest BCUT2D eigenvalue weighted by molar-refractivity contribution is 7.59. The van der Waals surface area contributed by atoms with E-state index in [1.165, 1.54) is 0 Å². The van der Waals surface area contributed by atoms with Crippen LogP contribution in [0.2, 0.25) is 0 Å². The molecule has 8 heteroatoms. The Morgan fingerprint density at radius 2 is 1.74 bits per heavy atom. The Balaban J connectivity index is 0. The normalized spacial score (nSPS) is 20.3. The third-order valence-corrected chi connectivity index (χ3v) is 6.26. The minimum atomic E-state index is -1.01. The van der Waals surface area contributed by atoms with Crippen LogP contribution in [0, 0.1) is 35.0 Å². The van der Waals surface area contributed by atoms with Gasteiger partial charge in [0.1, 0.15) is 4.88 Å². The number of carboxylic acid groups (broad SMARTS) is 1. The highest BCUT2D eigenvalue weighted by Crippen LogP contribution is 2.38. The van der Waals surface area contributed by atoms with Crippen molar-refractivity contribution >= 4 is 69.4 Å². The van der Waals surface area contributed by atoms with Crippen LogP contribution >= 0.6 is 51.8 Å². The Morgan fingerprint density at radius 1 is 1.16 bits per heavy atom. The lowest BCUT2D eigenvalue weighted by Gasteiger charge is -2.37. The molecule has 1 aromatic rings. The second kappa shape index (κ2) is 13.1. The maximum absolute atomic E-state index is 13.5. The SMILES string of the molecule is CC(C)N(C(=O)[C@H]1CC[C@H](C)C[C@@H]1C)c1cc(C#CC(C)(C)C)sc1C(=O)O.S.S.S. The molecule has 1 aromatic heterocycles. The lowest BCUT2D eigenvalue weighted by Crippen LogP contribution is -2.44. The van der Waals surface area contributed by atoms with Gasteiger partial charge in [-0.05, 0) is 71.8 Å². The van der Waals surface area contributed by atoms with E-state index in [0.29, 0.717) is 22.4 Å². The van der Waals surface area contributed by atoms with Gasteiger partial charge in [0.15, 0.2) is 0 Å². The average Bonchev–Trinajstić information content (AvgIpc) is 2.96. The number of amides is 1. The molecular formula is C23H39NO3S4. The topological polar surface area (TPSA) is 57.6 Å². The van der Waals surface area contributed by atoms with Crippen molar-refractivity contribution < 1.29 is 14.7 Å². The van der Waals surface area contributed by atoms with E-state index in [1.807, 2.05) is 34.6 Å². The number of carbonyl (C=O) groups is 2. The van der Waals surface area contributed by atoms with Crippen LogP contribution in [-0.2, 0) is 4.79 Å². The first-order chi connectivity index (χ1) is 12.9. The van der Waals surface area contributed by atoms with Gasteiger partial charge in [0.2, 0.25) is 5.91 Å². The predicted molar refractivity (Wildman–Crippen MR) is 147 cm³/mol. The van der Waals surface area contributed by atoms with E-state index in [-0.39, 0.29) is 68.6 Å². The number of hydrogen-bond acceptors (Lipinski definition) is 3. The van der Waals surface area contributed by atoms with Crippen LogP contribution in [-0.4, -0.2) is 23.0 Å². The van der Waals surface area contributed by atoms with Gasteiger partial charge in [-0.25, -0.2) is 4.79 Å². The highest BCUT2D eigenvalue weighted by Gasteiger charge is 2.36. The Labute approximate surface area is 212 Å². The highest BCUT2D eigenvalue weighted by atomic mass is 32.1. The summed E-state index contributed by atoms with van der Waals surface area (Å²) < 4.78 is 0. The van der Waals surface area contributed by atoms with E-state index in [2.05, 4.69) is 25.7 Å². The quantitative estimate of drug-likeness (QED) is 0.511. The summed E-state index contributed by atoms with van der Waals surface area (Å²) in [5.41, 5.74) is 0.316. The molecule has 0 saturated heterocycles. The number of anilines is 1. The summed E-state index contributed by atoms with van der Waals surface area (Å²) in [6, 6.07) is 1.66. The first-order valence-corrected chi connectivity index (χ1v) is 11.0. The largest absolute Gasteiger partial charge is 0.477 e. The average molecular weight is 506 g/mol. The zero-order valence-electron chi connectivity index (χ0n) is 19.6. The van der Waals surface area contributed by atoms with Crippen molar-refractivity contribution in [3.05, 3.63) is 15.8 Å². The molecule has 1 amide bonds. The van der Waals surface area contributed by atoms with Gasteiger partial charge in [-0.2, -0.15) is 40.5 Å². The van der Waals surface area contributed by atoms with E-state index in [0.717, 1.165) is 30.6 Å². The van der Waals surface area contributed by atoms with Crippen LogP contribution in [0.15, 0.2) is 6.07 Å². The number of carbonyl (C=O) groups excluding carboxylic acids is 1. The van der Waals surface area contributed by atoms with Crippen molar-refractivity contribution in [3.8, 4) is 11.8 Å². The fourth-order valence-electron chi connectivity index (χ4n) is 3.89. The third-order valence-electron chi connectivity index (χ3n) is 5.23. The number of rotatable bonds is 4. The number of nitrogens with zero attached hydrogens (tertiary/aromatic N) is 1. The molecule has 1 heterocycles. The molecule has 2 rings (SSSR count). The molecule has 1 aliphatic rings. The van der Waals surface area contributed by atoms with Crippen LogP contribution in [0.25, 0.3) is 0 Å². The first kappa shape index (κ1) is 32.4. The Kier molecular flexibility index (Phi) is 13.7. The molecule has 1 saturated carbocycles. The fraction of sp³-hybridized carbons (Fsp3) is 0.652. The fourth-order valence-corrected chi connectivity index (χ4v) is 4.73. The van der Waals surface area contributed by atoms with Crippen LogP contribution in [0.5, 0.6) is 0 Å². The van der Waals surface area contributed by atoms with E-state index >= 15 is 0 Å². The Morgan fingerprint density at radius 3 is 2.19 bits per heavy atom. The molecule has 178 valence electrons. The molecule has 1 aliphatic carbocycles. The van der Waals surface area contributed by atoms with Gasteiger partial charge in [0.05, 0.1) is 10.6 Å². The summed E-state index contributed by atoms with van der Waals surface area (Å²) in [6.45, 7) is 14.3. The van der Waals surface area contributed by atoms with Crippen LogP contribution in [0.1, 0.15) is 82.3 Å². The number of carboxylic acids is 1. The van der Waals surface area contributed by atoms with E-state index in [1.54, 1.807) is 11.0 Å². The summed E-state index contributed by atoms with van der Waals surface area (Å²) >= 11 is 1.15. The molecule has 0 bridgehead atoms. The maximum atomic E-state index is 13.5. The standard InChI is InChI=1S/C23H33NO3S.3H2S/c1-14(2)24(21(25)18-9-8-15(3)12-16(18)4)19-13-17(10-11-23(5,6)7)28-20(19)22(26)27;;;/h13-16,18H,8-9,12H2,1-7H3,(H,26,27);3*1H2/t15-,16-,18-;;;/m0.../s1.